The summed E-state index contributed by atoms with van der Waals surface area (Å²) < 4.78 is 8.04. The third-order valence-electron chi connectivity index (χ3n) is 3.51. The van der Waals surface area contributed by atoms with Crippen molar-refractivity contribution in [3.8, 4) is 5.75 Å². The molecule has 3 heteroatoms. The van der Waals surface area contributed by atoms with Gasteiger partial charge in [0.15, 0.2) is 5.60 Å². The third kappa shape index (κ3) is 2.95. The molecule has 0 N–H and O–H groups in total. The van der Waals surface area contributed by atoms with Crippen LogP contribution in [0.15, 0.2) is 45.9 Å². The Balaban J connectivity index is 2.57. The van der Waals surface area contributed by atoms with Crippen molar-refractivity contribution in [2.24, 2.45) is 0 Å². The fourth-order valence-corrected chi connectivity index (χ4v) is 3.17. The first-order valence-electron chi connectivity index (χ1n) is 6.79. The molecule has 0 bridgehead atoms. The van der Waals surface area contributed by atoms with E-state index in [4.69, 9.17) is 4.74 Å². The predicted octanol–water partition coefficient (Wildman–Crippen LogP) is 6.59. The first-order valence-corrected chi connectivity index (χ1v) is 8.37. The minimum absolute atomic E-state index is 0.419. The van der Waals surface area contributed by atoms with Gasteiger partial charge < -0.3 is 4.74 Å². The second-order valence-corrected chi connectivity index (χ2v) is 6.75. The maximum atomic E-state index is 5.99. The molecule has 2 rings (SSSR count). The first kappa shape index (κ1) is 16.3. The molecule has 1 unspecified atom stereocenters. The van der Waals surface area contributed by atoms with E-state index in [1.165, 1.54) is 5.56 Å². The summed E-state index contributed by atoms with van der Waals surface area (Å²) in [5, 5.41) is 0. The number of fused-ring (bicyclic) bond motifs is 1. The van der Waals surface area contributed by atoms with Crippen LogP contribution < -0.4 is 4.74 Å². The number of hydrogen-bond donors (Lipinski definition) is 0. The normalized spacial score (nSPS) is 21.3. The zero-order valence-corrected chi connectivity index (χ0v) is 15.6. The zero-order valence-electron chi connectivity index (χ0n) is 12.4. The highest BCUT2D eigenvalue weighted by molar-refractivity contribution is 9.12. The summed E-state index contributed by atoms with van der Waals surface area (Å²) in [7, 11) is 0. The molecule has 0 saturated carbocycles. The van der Waals surface area contributed by atoms with E-state index in [0.29, 0.717) is 0 Å². The fraction of sp³-hybridized carbons (Fsp3) is 0.222. The Labute approximate surface area is 143 Å². The van der Waals surface area contributed by atoms with Crippen LogP contribution in [0.25, 0.3) is 12.2 Å². The summed E-state index contributed by atoms with van der Waals surface area (Å²) in [6.07, 6.45) is 12.1. The molecule has 0 aromatic heterocycles. The van der Waals surface area contributed by atoms with Crippen LogP contribution in [-0.4, -0.2) is 0 Å². The number of halogens is 2. The van der Waals surface area contributed by atoms with Gasteiger partial charge in [-0.15, -0.1) is 0 Å². The van der Waals surface area contributed by atoms with E-state index in [-0.39, 0.29) is 0 Å². The van der Waals surface area contributed by atoms with E-state index in [2.05, 4.69) is 57.5 Å². The maximum absolute atomic E-state index is 5.99. The van der Waals surface area contributed by atoms with Gasteiger partial charge in [0.25, 0.3) is 0 Å². The molecule has 0 amide bonds. The molecule has 1 aliphatic heterocycles. The van der Waals surface area contributed by atoms with Crippen LogP contribution in [0, 0.1) is 0 Å². The van der Waals surface area contributed by atoms with Crippen molar-refractivity contribution in [3.63, 3.8) is 0 Å². The van der Waals surface area contributed by atoms with Gasteiger partial charge in [-0.1, -0.05) is 62.7 Å². The molecule has 1 nitrogen and oxygen atoms in total. The molecule has 0 saturated heterocycles. The number of benzene rings is 1. The van der Waals surface area contributed by atoms with Gasteiger partial charge in [-0.05, 0) is 50.1 Å². The van der Waals surface area contributed by atoms with Gasteiger partial charge in [0, 0.05) is 14.5 Å². The average Bonchev–Trinajstić information content (AvgIpc) is 2.46. The molecule has 21 heavy (non-hydrogen) atoms. The van der Waals surface area contributed by atoms with Crippen molar-refractivity contribution in [1.82, 2.24) is 0 Å². The lowest BCUT2D eigenvalue weighted by Crippen LogP contribution is -2.37. The second kappa shape index (κ2) is 6.37. The molecule has 0 radical (unpaired) electrons. The van der Waals surface area contributed by atoms with Crippen molar-refractivity contribution < 1.29 is 4.74 Å². The van der Waals surface area contributed by atoms with Gasteiger partial charge in [0.05, 0.1) is 0 Å². The van der Waals surface area contributed by atoms with E-state index < -0.39 is 5.60 Å². The van der Waals surface area contributed by atoms with Gasteiger partial charge >= 0.3 is 0 Å². The highest BCUT2D eigenvalue weighted by atomic mass is 79.9. The maximum Gasteiger partial charge on any atom is 0.154 e. The lowest BCUT2D eigenvalue weighted by atomic mass is 9.82. The van der Waals surface area contributed by atoms with Crippen LogP contribution in [0.4, 0.5) is 0 Å². The summed E-state index contributed by atoms with van der Waals surface area (Å²) in [4.78, 5) is 0. The molecular formula is C18H18Br2O. The smallest absolute Gasteiger partial charge is 0.154 e. The first-order chi connectivity index (χ1) is 9.96. The van der Waals surface area contributed by atoms with Crippen molar-refractivity contribution in [2.45, 2.75) is 26.4 Å². The highest BCUT2D eigenvalue weighted by Crippen LogP contribution is 2.50. The van der Waals surface area contributed by atoms with Gasteiger partial charge in [-0.25, -0.2) is 0 Å². The Bertz CT molecular complexity index is 668. The Hall–Kier alpha value is -1.06. The molecule has 1 heterocycles. The Kier molecular flexibility index (Phi) is 4.95. The van der Waals surface area contributed by atoms with Crippen LogP contribution in [-0.2, 0) is 5.60 Å². The summed E-state index contributed by atoms with van der Waals surface area (Å²) in [6.45, 7) is 10.0. The number of hydrogen-bond acceptors (Lipinski definition) is 1. The van der Waals surface area contributed by atoms with Crippen molar-refractivity contribution in [3.05, 3.63) is 62.6 Å². The van der Waals surface area contributed by atoms with Gasteiger partial charge in [0.2, 0.25) is 0 Å². The number of ether oxygens (including phenoxy) is 1. The molecule has 0 spiro atoms. The van der Waals surface area contributed by atoms with Crippen LogP contribution in [0.3, 0.4) is 0 Å². The molecule has 0 aliphatic carbocycles. The predicted molar refractivity (Wildman–Crippen MR) is 98.7 cm³/mol. The summed E-state index contributed by atoms with van der Waals surface area (Å²) >= 11 is 7.09. The number of rotatable bonds is 4. The standard InChI is InChI=1S/C18H18Br2O/c1-5-8-14-13(7-3)17-16(11-15(14)20)21-18(17,4)10-9-12(19)6-2/h5-11H,3H2,1-2,4H3/b8-5-,10-9-,12-6+. The Morgan fingerprint density at radius 2 is 2.05 bits per heavy atom. The lowest BCUT2D eigenvalue weighted by molar-refractivity contribution is 0.0818. The molecule has 1 aliphatic rings. The monoisotopic (exact) mass is 408 g/mol. The topological polar surface area (TPSA) is 9.23 Å². The van der Waals surface area contributed by atoms with E-state index in [1.807, 2.05) is 44.2 Å². The zero-order chi connectivity index (χ0) is 15.6. The van der Waals surface area contributed by atoms with Gasteiger partial charge in [-0.2, -0.15) is 0 Å². The van der Waals surface area contributed by atoms with Crippen molar-refractivity contribution in [1.29, 1.82) is 0 Å². The van der Waals surface area contributed by atoms with E-state index in [0.717, 1.165) is 25.8 Å². The number of allylic oxidation sites excluding steroid dienone is 4. The summed E-state index contributed by atoms with van der Waals surface area (Å²) in [5.41, 5.74) is 3.02. The van der Waals surface area contributed by atoms with Crippen molar-refractivity contribution >= 4 is 44.0 Å². The van der Waals surface area contributed by atoms with E-state index in [1.54, 1.807) is 0 Å². The fourth-order valence-electron chi connectivity index (χ4n) is 2.49. The average molecular weight is 410 g/mol. The summed E-state index contributed by atoms with van der Waals surface area (Å²) in [6, 6.07) is 2.03. The van der Waals surface area contributed by atoms with Crippen LogP contribution in [0.1, 0.15) is 37.5 Å². The lowest BCUT2D eigenvalue weighted by Gasteiger charge is -2.41. The molecule has 0 fully saturated rings. The highest BCUT2D eigenvalue weighted by Gasteiger charge is 2.41. The summed E-state index contributed by atoms with van der Waals surface area (Å²) in [5.74, 6) is 0.911. The SMILES string of the molecule is C=Cc1c(/C=C\C)c(Br)cc2c1C(C)(/C=C\C(Br)=C/C)O2. The van der Waals surface area contributed by atoms with Gasteiger partial charge in [-0.3, -0.25) is 0 Å². The van der Waals surface area contributed by atoms with Crippen LogP contribution in [0.5, 0.6) is 5.75 Å². The minimum Gasteiger partial charge on any atom is -0.478 e. The van der Waals surface area contributed by atoms with Crippen LogP contribution >= 0.6 is 31.9 Å². The largest absolute Gasteiger partial charge is 0.478 e. The van der Waals surface area contributed by atoms with Gasteiger partial charge in [0.1, 0.15) is 5.75 Å². The molecule has 1 aromatic rings. The molecule has 1 aromatic carbocycles. The van der Waals surface area contributed by atoms with E-state index in [9.17, 15) is 0 Å². The van der Waals surface area contributed by atoms with Crippen molar-refractivity contribution in [2.75, 3.05) is 0 Å². The minimum atomic E-state index is -0.419. The second-order valence-electron chi connectivity index (χ2n) is 4.98. The Morgan fingerprint density at radius 3 is 2.62 bits per heavy atom. The van der Waals surface area contributed by atoms with E-state index >= 15 is 0 Å². The molecular weight excluding hydrogens is 392 g/mol. The van der Waals surface area contributed by atoms with Crippen LogP contribution in [0.2, 0.25) is 0 Å². The third-order valence-corrected chi connectivity index (χ3v) is 4.89. The molecule has 110 valence electrons. The molecule has 1 atom stereocenters. The Morgan fingerprint density at radius 1 is 1.33 bits per heavy atom. The quantitative estimate of drug-likeness (QED) is 0.509.